The lowest BCUT2D eigenvalue weighted by Crippen LogP contribution is -2.31. The quantitative estimate of drug-likeness (QED) is 0.654. The molecule has 1 unspecified atom stereocenters. The van der Waals surface area contributed by atoms with E-state index in [1.54, 1.807) is 18.2 Å². The van der Waals surface area contributed by atoms with Gasteiger partial charge in [-0.25, -0.2) is 0 Å². The smallest absolute Gasteiger partial charge is 0.162 e. The van der Waals surface area contributed by atoms with Crippen molar-refractivity contribution < 1.29 is 20.1 Å². The number of aromatic hydroxyl groups is 3. The fraction of sp³-hybridized carbons (Fsp3) is 0.294. The van der Waals surface area contributed by atoms with E-state index in [0.29, 0.717) is 12.2 Å². The van der Waals surface area contributed by atoms with Crippen molar-refractivity contribution in [3.63, 3.8) is 0 Å². The van der Waals surface area contributed by atoms with Crippen molar-refractivity contribution in [3.8, 4) is 23.0 Å². The first-order valence-electron chi connectivity index (χ1n) is 7.23. The third-order valence-electron chi connectivity index (χ3n) is 4.10. The van der Waals surface area contributed by atoms with Gasteiger partial charge >= 0.3 is 0 Å². The molecule has 0 aromatic heterocycles. The van der Waals surface area contributed by atoms with Crippen LogP contribution in [0, 0.1) is 0 Å². The molecule has 1 atom stereocenters. The highest BCUT2D eigenvalue weighted by atomic mass is 16.5. The number of phenolic OH excluding ortho intramolecular Hbond substituents is 3. The van der Waals surface area contributed by atoms with Crippen molar-refractivity contribution in [2.45, 2.75) is 18.9 Å². The monoisotopic (exact) mass is 301 g/mol. The van der Waals surface area contributed by atoms with Crippen LogP contribution in [0.2, 0.25) is 0 Å². The van der Waals surface area contributed by atoms with E-state index in [-0.39, 0.29) is 23.3 Å². The van der Waals surface area contributed by atoms with E-state index in [1.807, 2.05) is 6.07 Å². The number of nitrogens with one attached hydrogen (secondary N) is 1. The van der Waals surface area contributed by atoms with Gasteiger partial charge in [-0.2, -0.15) is 0 Å². The van der Waals surface area contributed by atoms with Crippen LogP contribution in [0.3, 0.4) is 0 Å². The van der Waals surface area contributed by atoms with Crippen molar-refractivity contribution in [2.75, 3.05) is 13.7 Å². The van der Waals surface area contributed by atoms with Gasteiger partial charge in [0.25, 0.3) is 0 Å². The Morgan fingerprint density at radius 3 is 2.68 bits per heavy atom. The van der Waals surface area contributed by atoms with Gasteiger partial charge in [-0.1, -0.05) is 12.1 Å². The molecule has 2 aromatic carbocycles. The highest BCUT2D eigenvalue weighted by Crippen LogP contribution is 2.39. The molecule has 5 nitrogen and oxygen atoms in total. The fourth-order valence-corrected chi connectivity index (χ4v) is 2.99. The van der Waals surface area contributed by atoms with Crippen LogP contribution in [0.25, 0.3) is 0 Å². The number of hydrogen-bond acceptors (Lipinski definition) is 5. The van der Waals surface area contributed by atoms with Gasteiger partial charge in [0, 0.05) is 11.6 Å². The Morgan fingerprint density at radius 2 is 1.95 bits per heavy atom. The minimum absolute atomic E-state index is 0.0669. The standard InChI is InChI=1S/C17H19NO4/c1-22-15-5-3-11-6-7-18-12(16(11)17(15)21)8-10-2-4-13(19)14(20)9-10/h2-5,9,12,18-21H,6-8H2,1H3. The summed E-state index contributed by atoms with van der Waals surface area (Å²) < 4.78 is 5.19. The lowest BCUT2D eigenvalue weighted by molar-refractivity contribution is 0.361. The first kappa shape index (κ1) is 14.5. The summed E-state index contributed by atoms with van der Waals surface area (Å²) in [6, 6.07) is 8.48. The normalized spacial score (nSPS) is 17.0. The second-order valence-corrected chi connectivity index (χ2v) is 5.47. The molecule has 0 bridgehead atoms. The molecule has 1 aliphatic rings. The zero-order valence-electron chi connectivity index (χ0n) is 12.3. The molecule has 0 spiro atoms. The lowest BCUT2D eigenvalue weighted by Gasteiger charge is -2.28. The zero-order chi connectivity index (χ0) is 15.7. The van der Waals surface area contributed by atoms with Crippen LogP contribution in [-0.2, 0) is 12.8 Å². The Hall–Kier alpha value is -2.40. The molecule has 4 N–H and O–H groups in total. The van der Waals surface area contributed by atoms with Crippen molar-refractivity contribution in [2.24, 2.45) is 0 Å². The number of hydrogen-bond donors (Lipinski definition) is 4. The van der Waals surface area contributed by atoms with Gasteiger partial charge in [0.15, 0.2) is 23.0 Å². The average Bonchev–Trinajstić information content (AvgIpc) is 2.51. The van der Waals surface area contributed by atoms with E-state index in [9.17, 15) is 15.3 Å². The van der Waals surface area contributed by atoms with Crippen LogP contribution in [0.1, 0.15) is 22.7 Å². The highest BCUT2D eigenvalue weighted by Gasteiger charge is 2.25. The predicted octanol–water partition coefficient (Wildman–Crippen LogP) is 2.24. The number of ether oxygens (including phenoxy) is 1. The Bertz CT molecular complexity index is 699. The second kappa shape index (κ2) is 5.77. The third kappa shape index (κ3) is 2.55. The number of methoxy groups -OCH3 is 1. The molecular weight excluding hydrogens is 282 g/mol. The summed E-state index contributed by atoms with van der Waals surface area (Å²) in [7, 11) is 1.53. The van der Waals surface area contributed by atoms with Crippen LogP contribution >= 0.6 is 0 Å². The molecule has 0 aliphatic carbocycles. The third-order valence-corrected chi connectivity index (χ3v) is 4.10. The molecule has 22 heavy (non-hydrogen) atoms. The number of phenols is 3. The maximum atomic E-state index is 10.4. The summed E-state index contributed by atoms with van der Waals surface area (Å²) in [5.74, 6) is 0.356. The maximum absolute atomic E-state index is 10.4. The van der Waals surface area contributed by atoms with Crippen LogP contribution in [0.4, 0.5) is 0 Å². The van der Waals surface area contributed by atoms with Crippen molar-refractivity contribution >= 4 is 0 Å². The molecular formula is C17H19NO4. The molecule has 5 heteroatoms. The summed E-state index contributed by atoms with van der Waals surface area (Å²) in [6.07, 6.45) is 1.45. The van der Waals surface area contributed by atoms with Crippen LogP contribution < -0.4 is 10.1 Å². The largest absolute Gasteiger partial charge is 0.504 e. The Morgan fingerprint density at radius 1 is 1.14 bits per heavy atom. The molecule has 0 saturated carbocycles. The molecule has 116 valence electrons. The van der Waals surface area contributed by atoms with E-state index < -0.39 is 0 Å². The summed E-state index contributed by atoms with van der Waals surface area (Å²) in [6.45, 7) is 0.827. The molecule has 0 amide bonds. The van der Waals surface area contributed by atoms with Gasteiger partial charge in [0.2, 0.25) is 0 Å². The van der Waals surface area contributed by atoms with Gasteiger partial charge in [-0.3, -0.25) is 0 Å². The molecule has 0 radical (unpaired) electrons. The second-order valence-electron chi connectivity index (χ2n) is 5.47. The minimum atomic E-state index is -0.136. The van der Waals surface area contributed by atoms with Gasteiger partial charge in [-0.15, -0.1) is 0 Å². The molecule has 2 aromatic rings. The van der Waals surface area contributed by atoms with Crippen LogP contribution in [-0.4, -0.2) is 29.0 Å². The number of fused-ring (bicyclic) bond motifs is 1. The Labute approximate surface area is 128 Å². The molecule has 0 fully saturated rings. The van der Waals surface area contributed by atoms with Gasteiger partial charge in [-0.05, 0) is 48.7 Å². The minimum Gasteiger partial charge on any atom is -0.504 e. The van der Waals surface area contributed by atoms with Crippen molar-refractivity contribution in [1.82, 2.24) is 5.32 Å². The molecule has 1 heterocycles. The number of rotatable bonds is 3. The molecule has 3 rings (SSSR count). The topological polar surface area (TPSA) is 82.0 Å². The summed E-state index contributed by atoms with van der Waals surface area (Å²) in [5.41, 5.74) is 2.83. The van der Waals surface area contributed by atoms with Gasteiger partial charge in [0.05, 0.1) is 7.11 Å². The summed E-state index contributed by atoms with van der Waals surface area (Å²) >= 11 is 0. The zero-order valence-corrected chi connectivity index (χ0v) is 12.3. The Kier molecular flexibility index (Phi) is 3.81. The molecule has 0 saturated heterocycles. The van der Waals surface area contributed by atoms with E-state index in [1.165, 1.54) is 13.2 Å². The van der Waals surface area contributed by atoms with Crippen LogP contribution in [0.15, 0.2) is 30.3 Å². The first-order chi connectivity index (χ1) is 10.6. The summed E-state index contributed by atoms with van der Waals surface area (Å²) in [4.78, 5) is 0. The van der Waals surface area contributed by atoms with E-state index in [0.717, 1.165) is 29.7 Å². The average molecular weight is 301 g/mol. The predicted molar refractivity (Wildman–Crippen MR) is 82.6 cm³/mol. The Balaban J connectivity index is 1.95. The highest BCUT2D eigenvalue weighted by molar-refractivity contribution is 5.53. The van der Waals surface area contributed by atoms with Crippen LogP contribution in [0.5, 0.6) is 23.0 Å². The van der Waals surface area contributed by atoms with E-state index in [2.05, 4.69) is 5.32 Å². The number of benzene rings is 2. The summed E-state index contributed by atoms with van der Waals surface area (Å²) in [5, 5.41) is 32.8. The van der Waals surface area contributed by atoms with E-state index >= 15 is 0 Å². The molecule has 1 aliphatic heterocycles. The lowest BCUT2D eigenvalue weighted by atomic mass is 9.89. The van der Waals surface area contributed by atoms with Gasteiger partial charge in [0.1, 0.15) is 0 Å². The first-order valence-corrected chi connectivity index (χ1v) is 7.23. The van der Waals surface area contributed by atoms with Gasteiger partial charge < -0.3 is 25.4 Å². The van der Waals surface area contributed by atoms with E-state index in [4.69, 9.17) is 4.74 Å². The SMILES string of the molecule is COc1ccc2c(c1O)C(Cc1ccc(O)c(O)c1)NCC2. The van der Waals surface area contributed by atoms with Crippen molar-refractivity contribution in [1.29, 1.82) is 0 Å². The van der Waals surface area contributed by atoms with Crippen molar-refractivity contribution in [3.05, 3.63) is 47.0 Å². The maximum Gasteiger partial charge on any atom is 0.162 e. The fourth-order valence-electron chi connectivity index (χ4n) is 2.99.